The second kappa shape index (κ2) is 5.57. The Balaban J connectivity index is 1.93. The molecule has 0 aromatic rings. The molecule has 0 radical (unpaired) electrons. The van der Waals surface area contributed by atoms with Crippen molar-refractivity contribution in [3.63, 3.8) is 0 Å². The Morgan fingerprint density at radius 2 is 2.11 bits per heavy atom. The molecule has 104 valence electrons. The van der Waals surface area contributed by atoms with Crippen molar-refractivity contribution in [2.45, 2.75) is 38.8 Å². The molecule has 18 heavy (non-hydrogen) atoms. The number of carbonyl (C=O) groups excluding carboxylic acids is 1. The van der Waals surface area contributed by atoms with Crippen LogP contribution in [-0.2, 0) is 4.79 Å². The van der Waals surface area contributed by atoms with Gasteiger partial charge in [-0.1, -0.05) is 6.92 Å². The zero-order chi connectivity index (χ0) is 13.3. The van der Waals surface area contributed by atoms with E-state index in [-0.39, 0.29) is 5.91 Å². The summed E-state index contributed by atoms with van der Waals surface area (Å²) in [5.41, 5.74) is 0. The van der Waals surface area contributed by atoms with Gasteiger partial charge < -0.3 is 14.7 Å². The smallest absolute Gasteiger partial charge is 0.219 e. The molecule has 0 N–H and O–H groups in total. The van der Waals surface area contributed by atoms with Crippen molar-refractivity contribution in [2.75, 3.05) is 40.3 Å². The topological polar surface area (TPSA) is 26.8 Å². The summed E-state index contributed by atoms with van der Waals surface area (Å²) in [6, 6.07) is 1.07. The lowest BCUT2D eigenvalue weighted by Gasteiger charge is -2.25. The van der Waals surface area contributed by atoms with Crippen molar-refractivity contribution in [1.29, 1.82) is 0 Å². The molecule has 1 amide bonds. The summed E-state index contributed by atoms with van der Waals surface area (Å²) >= 11 is 0. The Hall–Kier alpha value is -0.610. The second-order valence-electron chi connectivity index (χ2n) is 5.97. The lowest BCUT2D eigenvalue weighted by atomic mass is 9.95. The minimum Gasteiger partial charge on any atom is -0.342 e. The zero-order valence-corrected chi connectivity index (χ0v) is 12.2. The number of hydrogen-bond donors (Lipinski definition) is 0. The molecular formula is C14H27N3O. The zero-order valence-electron chi connectivity index (χ0n) is 12.2. The van der Waals surface area contributed by atoms with Gasteiger partial charge in [-0.25, -0.2) is 0 Å². The largest absolute Gasteiger partial charge is 0.342 e. The van der Waals surface area contributed by atoms with Gasteiger partial charge in [-0.05, 0) is 38.9 Å². The van der Waals surface area contributed by atoms with E-state index in [4.69, 9.17) is 0 Å². The Labute approximate surface area is 111 Å². The predicted molar refractivity (Wildman–Crippen MR) is 73.5 cm³/mol. The number of hydrogen-bond acceptors (Lipinski definition) is 3. The molecule has 0 aromatic heterocycles. The maximum atomic E-state index is 11.5. The van der Waals surface area contributed by atoms with Crippen LogP contribution in [0.2, 0.25) is 0 Å². The highest BCUT2D eigenvalue weighted by molar-refractivity contribution is 5.73. The summed E-state index contributed by atoms with van der Waals surface area (Å²) in [4.78, 5) is 18.4. The van der Waals surface area contributed by atoms with Gasteiger partial charge in [0, 0.05) is 39.1 Å². The SMILES string of the molecule is CCN1CCC(C2CC(N(C)C(C)=O)CN2C)C1. The van der Waals surface area contributed by atoms with E-state index in [1.807, 2.05) is 11.9 Å². The highest BCUT2D eigenvalue weighted by atomic mass is 16.2. The van der Waals surface area contributed by atoms with Crippen molar-refractivity contribution in [2.24, 2.45) is 5.92 Å². The lowest BCUT2D eigenvalue weighted by molar-refractivity contribution is -0.129. The van der Waals surface area contributed by atoms with Crippen LogP contribution in [-0.4, -0.2) is 73.0 Å². The van der Waals surface area contributed by atoms with Crippen molar-refractivity contribution >= 4 is 5.91 Å². The van der Waals surface area contributed by atoms with E-state index in [1.54, 1.807) is 6.92 Å². The molecule has 0 aromatic carbocycles. The Kier molecular flexibility index (Phi) is 4.28. The fourth-order valence-corrected chi connectivity index (χ4v) is 3.55. The first-order valence-electron chi connectivity index (χ1n) is 7.19. The minimum absolute atomic E-state index is 0.190. The summed E-state index contributed by atoms with van der Waals surface area (Å²) in [7, 11) is 4.16. The van der Waals surface area contributed by atoms with Crippen LogP contribution in [0.1, 0.15) is 26.7 Å². The summed E-state index contributed by atoms with van der Waals surface area (Å²) in [6.07, 6.45) is 2.47. The number of amides is 1. The van der Waals surface area contributed by atoms with Crippen LogP contribution < -0.4 is 0 Å². The van der Waals surface area contributed by atoms with E-state index < -0.39 is 0 Å². The molecule has 3 unspecified atom stereocenters. The van der Waals surface area contributed by atoms with Gasteiger partial charge in [0.25, 0.3) is 0 Å². The maximum Gasteiger partial charge on any atom is 0.219 e. The van der Waals surface area contributed by atoms with E-state index in [2.05, 4.69) is 23.8 Å². The van der Waals surface area contributed by atoms with Crippen molar-refractivity contribution in [3.05, 3.63) is 0 Å². The van der Waals surface area contributed by atoms with Crippen LogP contribution in [0.25, 0.3) is 0 Å². The molecule has 2 rings (SSSR count). The van der Waals surface area contributed by atoms with Crippen LogP contribution >= 0.6 is 0 Å². The predicted octanol–water partition coefficient (Wildman–Crippen LogP) is 0.879. The maximum absolute atomic E-state index is 11.5. The Bertz CT molecular complexity index is 307. The first-order chi connectivity index (χ1) is 8.52. The lowest BCUT2D eigenvalue weighted by Crippen LogP contribution is -2.37. The third-order valence-electron chi connectivity index (χ3n) is 4.92. The summed E-state index contributed by atoms with van der Waals surface area (Å²) < 4.78 is 0. The summed E-state index contributed by atoms with van der Waals surface area (Å²) in [6.45, 7) is 8.60. The molecule has 0 bridgehead atoms. The first kappa shape index (κ1) is 13.8. The second-order valence-corrected chi connectivity index (χ2v) is 5.97. The molecule has 4 nitrogen and oxygen atoms in total. The van der Waals surface area contributed by atoms with E-state index in [0.717, 1.165) is 18.9 Å². The molecule has 2 saturated heterocycles. The van der Waals surface area contributed by atoms with E-state index in [1.165, 1.54) is 26.1 Å². The van der Waals surface area contributed by atoms with Crippen LogP contribution in [0.15, 0.2) is 0 Å². The number of likely N-dealkylation sites (N-methyl/N-ethyl adjacent to an activating group) is 2. The summed E-state index contributed by atoms with van der Waals surface area (Å²) in [5, 5.41) is 0. The van der Waals surface area contributed by atoms with Crippen LogP contribution in [0.5, 0.6) is 0 Å². The van der Waals surface area contributed by atoms with E-state index in [9.17, 15) is 4.79 Å². The number of likely N-dealkylation sites (tertiary alicyclic amines) is 2. The van der Waals surface area contributed by atoms with Gasteiger partial charge in [-0.15, -0.1) is 0 Å². The molecule has 0 spiro atoms. The summed E-state index contributed by atoms with van der Waals surface area (Å²) in [5.74, 6) is 0.982. The van der Waals surface area contributed by atoms with Crippen molar-refractivity contribution in [1.82, 2.24) is 14.7 Å². The molecular weight excluding hydrogens is 226 g/mol. The average Bonchev–Trinajstić information content (AvgIpc) is 2.93. The van der Waals surface area contributed by atoms with Gasteiger partial charge in [-0.3, -0.25) is 4.79 Å². The highest BCUT2D eigenvalue weighted by Crippen LogP contribution is 2.31. The minimum atomic E-state index is 0.190. The fraction of sp³-hybridized carbons (Fsp3) is 0.929. The standard InChI is InChI=1S/C14H27N3O/c1-5-17-7-6-12(9-17)14-8-13(10-15(14)3)16(4)11(2)18/h12-14H,5-10H2,1-4H3. The van der Waals surface area contributed by atoms with Crippen LogP contribution in [0.4, 0.5) is 0 Å². The Morgan fingerprint density at radius 1 is 1.39 bits per heavy atom. The third kappa shape index (κ3) is 2.69. The molecule has 2 aliphatic rings. The van der Waals surface area contributed by atoms with Gasteiger partial charge in [0.05, 0.1) is 0 Å². The first-order valence-corrected chi connectivity index (χ1v) is 7.19. The molecule has 2 aliphatic heterocycles. The molecule has 4 heteroatoms. The van der Waals surface area contributed by atoms with E-state index in [0.29, 0.717) is 12.1 Å². The van der Waals surface area contributed by atoms with E-state index >= 15 is 0 Å². The van der Waals surface area contributed by atoms with Gasteiger partial charge in [0.2, 0.25) is 5.91 Å². The molecule has 0 saturated carbocycles. The highest BCUT2D eigenvalue weighted by Gasteiger charge is 2.39. The normalized spacial score (nSPS) is 34.1. The van der Waals surface area contributed by atoms with Gasteiger partial charge >= 0.3 is 0 Å². The number of rotatable bonds is 3. The fourth-order valence-electron chi connectivity index (χ4n) is 3.55. The molecule has 3 atom stereocenters. The number of nitrogens with zero attached hydrogens (tertiary/aromatic N) is 3. The van der Waals surface area contributed by atoms with Gasteiger partial charge in [-0.2, -0.15) is 0 Å². The monoisotopic (exact) mass is 253 g/mol. The average molecular weight is 253 g/mol. The van der Waals surface area contributed by atoms with Crippen LogP contribution in [0, 0.1) is 5.92 Å². The molecule has 2 fully saturated rings. The Morgan fingerprint density at radius 3 is 2.67 bits per heavy atom. The quantitative estimate of drug-likeness (QED) is 0.747. The van der Waals surface area contributed by atoms with Gasteiger partial charge in [0.1, 0.15) is 0 Å². The van der Waals surface area contributed by atoms with Crippen LogP contribution in [0.3, 0.4) is 0 Å². The molecule has 2 heterocycles. The molecule has 0 aliphatic carbocycles. The van der Waals surface area contributed by atoms with Crippen molar-refractivity contribution < 1.29 is 4.79 Å². The number of carbonyl (C=O) groups is 1. The van der Waals surface area contributed by atoms with Gasteiger partial charge in [0.15, 0.2) is 0 Å². The van der Waals surface area contributed by atoms with Crippen molar-refractivity contribution in [3.8, 4) is 0 Å². The third-order valence-corrected chi connectivity index (χ3v) is 4.92.